The molecule has 5 nitrogen and oxygen atoms in total. The van der Waals surface area contributed by atoms with Gasteiger partial charge in [0.15, 0.2) is 0 Å². The number of amides is 1. The first-order chi connectivity index (χ1) is 12.8. The molecule has 0 bridgehead atoms. The fraction of sp³-hybridized carbons (Fsp3) is 0.250. The molecule has 0 heterocycles. The van der Waals surface area contributed by atoms with E-state index in [1.807, 2.05) is 6.07 Å². The second-order valence-corrected chi connectivity index (χ2v) is 6.17. The van der Waals surface area contributed by atoms with Crippen LogP contribution < -0.4 is 5.32 Å². The molecule has 0 unspecified atom stereocenters. The number of nitriles is 1. The molecular formula is C20H18F2N2O3. The summed E-state index contributed by atoms with van der Waals surface area (Å²) in [6.07, 6.45) is 0. The van der Waals surface area contributed by atoms with Crippen LogP contribution in [0.1, 0.15) is 35.3 Å². The number of ether oxygens (including phenoxy) is 1. The lowest BCUT2D eigenvalue weighted by Gasteiger charge is -2.21. The van der Waals surface area contributed by atoms with E-state index >= 15 is 0 Å². The van der Waals surface area contributed by atoms with Crippen LogP contribution in [0.25, 0.3) is 0 Å². The van der Waals surface area contributed by atoms with Gasteiger partial charge in [0.2, 0.25) is 0 Å². The lowest BCUT2D eigenvalue weighted by atomic mass is 10.0. The van der Waals surface area contributed by atoms with Crippen LogP contribution in [0.5, 0.6) is 0 Å². The quantitative estimate of drug-likeness (QED) is 0.789. The molecule has 1 N–H and O–H groups in total. The Morgan fingerprint density at radius 1 is 1.11 bits per heavy atom. The Balaban J connectivity index is 2.11. The Morgan fingerprint density at radius 2 is 1.74 bits per heavy atom. The van der Waals surface area contributed by atoms with Gasteiger partial charge in [-0.05, 0) is 24.1 Å². The summed E-state index contributed by atoms with van der Waals surface area (Å²) in [7, 11) is 0. The Bertz CT molecular complexity index is 871. The van der Waals surface area contributed by atoms with E-state index in [1.165, 1.54) is 0 Å². The van der Waals surface area contributed by atoms with Gasteiger partial charge in [-0.2, -0.15) is 5.26 Å². The Morgan fingerprint density at radius 3 is 2.33 bits per heavy atom. The van der Waals surface area contributed by atoms with E-state index in [1.54, 1.807) is 38.1 Å². The van der Waals surface area contributed by atoms with E-state index in [9.17, 15) is 18.4 Å². The summed E-state index contributed by atoms with van der Waals surface area (Å²) >= 11 is 0. The van der Waals surface area contributed by atoms with Gasteiger partial charge in [0.05, 0.1) is 11.6 Å². The molecule has 1 amide bonds. The molecular weight excluding hydrogens is 354 g/mol. The lowest BCUT2D eigenvalue weighted by Crippen LogP contribution is -2.45. The van der Waals surface area contributed by atoms with E-state index < -0.39 is 35.1 Å². The molecule has 1 atom stereocenters. The topological polar surface area (TPSA) is 79.2 Å². The summed E-state index contributed by atoms with van der Waals surface area (Å²) in [6, 6.07) is 10.6. The summed E-state index contributed by atoms with van der Waals surface area (Å²) in [5, 5.41) is 11.4. The van der Waals surface area contributed by atoms with Gasteiger partial charge in [0.1, 0.15) is 29.8 Å². The Hall–Kier alpha value is -3.27. The number of carbonyl (C=O) groups is 2. The fourth-order valence-electron chi connectivity index (χ4n) is 2.42. The first kappa shape index (κ1) is 20.0. The normalized spacial score (nSPS) is 11.6. The van der Waals surface area contributed by atoms with Gasteiger partial charge in [-0.15, -0.1) is 0 Å². The largest absolute Gasteiger partial charge is 0.459 e. The van der Waals surface area contributed by atoms with Gasteiger partial charge in [0.25, 0.3) is 5.91 Å². The summed E-state index contributed by atoms with van der Waals surface area (Å²) < 4.78 is 32.7. The van der Waals surface area contributed by atoms with Crippen molar-refractivity contribution in [2.75, 3.05) is 0 Å². The second-order valence-electron chi connectivity index (χ2n) is 6.17. The number of hydrogen-bond acceptors (Lipinski definition) is 4. The highest BCUT2D eigenvalue weighted by atomic mass is 19.1. The first-order valence-electron chi connectivity index (χ1n) is 8.24. The van der Waals surface area contributed by atoms with Crippen molar-refractivity contribution in [1.29, 1.82) is 5.26 Å². The minimum absolute atomic E-state index is 0.157. The van der Waals surface area contributed by atoms with E-state index in [2.05, 4.69) is 5.32 Å². The molecule has 0 saturated carbocycles. The molecule has 0 radical (unpaired) electrons. The molecule has 2 aromatic carbocycles. The molecule has 140 valence electrons. The number of halogens is 2. The molecule has 0 aliphatic rings. The van der Waals surface area contributed by atoms with Crippen LogP contribution in [-0.2, 0) is 16.1 Å². The molecule has 0 saturated heterocycles. The minimum atomic E-state index is -1.11. The van der Waals surface area contributed by atoms with E-state index in [4.69, 9.17) is 10.00 Å². The Kier molecular flexibility index (Phi) is 6.61. The van der Waals surface area contributed by atoms with Crippen molar-refractivity contribution in [2.45, 2.75) is 26.5 Å². The van der Waals surface area contributed by atoms with E-state index in [0.29, 0.717) is 11.1 Å². The average molecular weight is 372 g/mol. The van der Waals surface area contributed by atoms with Gasteiger partial charge in [-0.3, -0.25) is 4.79 Å². The van der Waals surface area contributed by atoms with Crippen LogP contribution in [-0.4, -0.2) is 17.9 Å². The third-order valence-electron chi connectivity index (χ3n) is 3.90. The zero-order valence-electron chi connectivity index (χ0n) is 14.8. The van der Waals surface area contributed by atoms with Crippen LogP contribution in [0.4, 0.5) is 8.78 Å². The van der Waals surface area contributed by atoms with Crippen molar-refractivity contribution in [2.24, 2.45) is 5.92 Å². The number of hydrogen-bond donors (Lipinski definition) is 1. The predicted octanol–water partition coefficient (Wildman–Crippen LogP) is 3.33. The maximum atomic E-state index is 13.8. The number of rotatable bonds is 6. The van der Waals surface area contributed by atoms with Crippen LogP contribution in [0.3, 0.4) is 0 Å². The van der Waals surface area contributed by atoms with Gasteiger partial charge < -0.3 is 10.1 Å². The summed E-state index contributed by atoms with van der Waals surface area (Å²) in [6.45, 7) is 3.16. The van der Waals surface area contributed by atoms with Crippen molar-refractivity contribution in [3.63, 3.8) is 0 Å². The molecule has 2 rings (SSSR count). The van der Waals surface area contributed by atoms with Gasteiger partial charge in [0, 0.05) is 5.56 Å². The standard InChI is InChI=1S/C20H18F2N2O3/c1-12(2)18(24-19(25)17-15(21)8-5-9-16(17)22)20(26)27-11-14-7-4-3-6-13(14)10-23/h3-9,12,18H,11H2,1-2H3,(H,24,25)/t18-/m0/s1. The van der Waals surface area contributed by atoms with Gasteiger partial charge in [-0.1, -0.05) is 38.1 Å². The number of esters is 1. The maximum absolute atomic E-state index is 13.8. The molecule has 0 fully saturated rings. The van der Waals surface area contributed by atoms with Crippen molar-refractivity contribution in [1.82, 2.24) is 5.32 Å². The van der Waals surface area contributed by atoms with Crippen molar-refractivity contribution in [3.8, 4) is 6.07 Å². The molecule has 0 aromatic heterocycles. The molecule has 0 aliphatic carbocycles. The number of nitrogens with zero attached hydrogens (tertiary/aromatic N) is 1. The zero-order chi connectivity index (χ0) is 20.0. The third kappa shape index (κ3) is 4.88. The molecule has 0 spiro atoms. The smallest absolute Gasteiger partial charge is 0.329 e. The number of nitrogens with one attached hydrogen (secondary N) is 1. The highest BCUT2D eigenvalue weighted by molar-refractivity contribution is 5.97. The van der Waals surface area contributed by atoms with Crippen molar-refractivity contribution < 1.29 is 23.1 Å². The number of benzene rings is 2. The van der Waals surface area contributed by atoms with Crippen molar-refractivity contribution >= 4 is 11.9 Å². The fourth-order valence-corrected chi connectivity index (χ4v) is 2.42. The predicted molar refractivity (Wildman–Crippen MR) is 93.4 cm³/mol. The van der Waals surface area contributed by atoms with E-state index in [0.717, 1.165) is 18.2 Å². The molecule has 27 heavy (non-hydrogen) atoms. The van der Waals surface area contributed by atoms with Crippen LogP contribution >= 0.6 is 0 Å². The van der Waals surface area contributed by atoms with Crippen LogP contribution in [0.2, 0.25) is 0 Å². The monoisotopic (exact) mass is 372 g/mol. The van der Waals surface area contributed by atoms with Gasteiger partial charge >= 0.3 is 5.97 Å². The summed E-state index contributed by atoms with van der Waals surface area (Å²) in [4.78, 5) is 24.6. The summed E-state index contributed by atoms with van der Waals surface area (Å²) in [5.74, 6) is -4.23. The lowest BCUT2D eigenvalue weighted by molar-refractivity contribution is -0.148. The highest BCUT2D eigenvalue weighted by Crippen LogP contribution is 2.15. The highest BCUT2D eigenvalue weighted by Gasteiger charge is 2.28. The zero-order valence-corrected chi connectivity index (χ0v) is 14.8. The SMILES string of the molecule is CC(C)[C@H](NC(=O)c1c(F)cccc1F)C(=O)OCc1ccccc1C#N. The maximum Gasteiger partial charge on any atom is 0.329 e. The molecule has 0 aliphatic heterocycles. The number of carbonyl (C=O) groups excluding carboxylic acids is 2. The minimum Gasteiger partial charge on any atom is -0.459 e. The van der Waals surface area contributed by atoms with Gasteiger partial charge in [-0.25, -0.2) is 13.6 Å². The van der Waals surface area contributed by atoms with E-state index in [-0.39, 0.29) is 12.5 Å². The van der Waals surface area contributed by atoms with Crippen LogP contribution in [0, 0.1) is 28.9 Å². The molecule has 2 aromatic rings. The average Bonchev–Trinajstić information content (AvgIpc) is 2.64. The van der Waals surface area contributed by atoms with Crippen LogP contribution in [0.15, 0.2) is 42.5 Å². The molecule has 7 heteroatoms. The Labute approximate surface area is 155 Å². The second kappa shape index (κ2) is 8.90. The third-order valence-corrected chi connectivity index (χ3v) is 3.90. The first-order valence-corrected chi connectivity index (χ1v) is 8.24. The summed E-state index contributed by atoms with van der Waals surface area (Å²) in [5.41, 5.74) is 0.122. The van der Waals surface area contributed by atoms with Crippen molar-refractivity contribution in [3.05, 3.63) is 70.8 Å².